The molecule has 1 aromatic carbocycles. The Labute approximate surface area is 132 Å². The van der Waals surface area contributed by atoms with Gasteiger partial charge in [0, 0.05) is 11.8 Å². The van der Waals surface area contributed by atoms with Crippen molar-refractivity contribution < 1.29 is 18.0 Å². The van der Waals surface area contributed by atoms with Crippen LogP contribution in [0.2, 0.25) is 0 Å². The van der Waals surface area contributed by atoms with Crippen LogP contribution < -0.4 is 10.6 Å². The van der Waals surface area contributed by atoms with Gasteiger partial charge in [0.15, 0.2) is 0 Å². The highest BCUT2D eigenvalue weighted by molar-refractivity contribution is 5.85. The summed E-state index contributed by atoms with van der Waals surface area (Å²) in [6, 6.07) is 8.13. The molecule has 3 rings (SSSR count). The minimum absolute atomic E-state index is 0. The van der Waals surface area contributed by atoms with E-state index in [1.807, 2.05) is 30.3 Å². The van der Waals surface area contributed by atoms with E-state index in [4.69, 9.17) is 4.42 Å². The first-order valence-corrected chi connectivity index (χ1v) is 6.85. The number of hydrogen-bond acceptors (Lipinski definition) is 3. The van der Waals surface area contributed by atoms with E-state index >= 15 is 0 Å². The maximum Gasteiger partial charge on any atom is 0.262 e. The van der Waals surface area contributed by atoms with Crippen molar-refractivity contribution >= 4 is 29.3 Å². The summed E-state index contributed by atoms with van der Waals surface area (Å²) >= 11 is 0. The van der Waals surface area contributed by atoms with Crippen molar-refractivity contribution in [2.45, 2.75) is 31.4 Å². The van der Waals surface area contributed by atoms with Crippen molar-refractivity contribution in [1.29, 1.82) is 0 Å². The normalized spacial score (nSPS) is 21.3. The number of carbonyl (C=O) groups is 1. The average Bonchev–Trinajstić information content (AvgIpc) is 3.01. The fourth-order valence-corrected chi connectivity index (χ4v) is 2.50. The van der Waals surface area contributed by atoms with E-state index in [-0.39, 0.29) is 18.4 Å². The molecule has 2 N–H and O–H groups in total. The summed E-state index contributed by atoms with van der Waals surface area (Å²) in [4.78, 5) is 12.0. The van der Waals surface area contributed by atoms with Crippen molar-refractivity contribution in [1.82, 2.24) is 10.6 Å². The van der Waals surface area contributed by atoms with Gasteiger partial charge in [0.05, 0.1) is 18.6 Å². The van der Waals surface area contributed by atoms with Crippen LogP contribution in [-0.4, -0.2) is 24.4 Å². The lowest BCUT2D eigenvalue weighted by atomic mass is 10.1. The molecule has 0 radical (unpaired) electrons. The Bertz CT molecular complexity index is 641. The van der Waals surface area contributed by atoms with E-state index in [0.29, 0.717) is 5.76 Å². The number of rotatable bonds is 3. The molecule has 7 heteroatoms. The van der Waals surface area contributed by atoms with Crippen LogP contribution in [0.4, 0.5) is 8.78 Å². The molecule has 2 atom stereocenters. The Morgan fingerprint density at radius 3 is 2.82 bits per heavy atom. The Morgan fingerprint density at radius 2 is 2.18 bits per heavy atom. The van der Waals surface area contributed by atoms with E-state index in [9.17, 15) is 13.6 Å². The molecule has 0 spiro atoms. The highest BCUT2D eigenvalue weighted by atomic mass is 35.5. The maximum absolute atomic E-state index is 13.1. The average molecular weight is 331 g/mol. The molecule has 22 heavy (non-hydrogen) atoms. The number of furan rings is 1. The van der Waals surface area contributed by atoms with Gasteiger partial charge < -0.3 is 9.73 Å². The molecular weight excluding hydrogens is 314 g/mol. The number of amides is 1. The van der Waals surface area contributed by atoms with Crippen molar-refractivity contribution in [3.8, 4) is 0 Å². The fourth-order valence-electron chi connectivity index (χ4n) is 2.50. The van der Waals surface area contributed by atoms with Gasteiger partial charge >= 0.3 is 0 Å². The van der Waals surface area contributed by atoms with Gasteiger partial charge in [0.25, 0.3) is 5.92 Å². The summed E-state index contributed by atoms with van der Waals surface area (Å²) in [5, 5.41) is 6.19. The van der Waals surface area contributed by atoms with Crippen LogP contribution in [0.5, 0.6) is 0 Å². The SMILES string of the molecule is CC(NC(=O)C1CC(F)(F)CN1)c1cc2ccccc2o1.Cl. The lowest BCUT2D eigenvalue weighted by Gasteiger charge is -2.15. The van der Waals surface area contributed by atoms with Crippen molar-refractivity contribution in [2.24, 2.45) is 0 Å². The molecule has 0 bridgehead atoms. The van der Waals surface area contributed by atoms with Crippen molar-refractivity contribution in [3.05, 3.63) is 36.1 Å². The summed E-state index contributed by atoms with van der Waals surface area (Å²) in [5.41, 5.74) is 0.735. The zero-order chi connectivity index (χ0) is 15.0. The van der Waals surface area contributed by atoms with Gasteiger partial charge in [-0.25, -0.2) is 8.78 Å². The largest absolute Gasteiger partial charge is 0.459 e. The van der Waals surface area contributed by atoms with Crippen LogP contribution in [0.1, 0.15) is 25.1 Å². The third-order valence-corrected chi connectivity index (χ3v) is 3.66. The molecule has 0 saturated carbocycles. The number of nitrogens with one attached hydrogen (secondary N) is 2. The number of benzene rings is 1. The summed E-state index contributed by atoms with van der Waals surface area (Å²) in [6.45, 7) is 1.31. The lowest BCUT2D eigenvalue weighted by Crippen LogP contribution is -2.41. The molecule has 1 saturated heterocycles. The summed E-state index contributed by atoms with van der Waals surface area (Å²) in [7, 11) is 0. The zero-order valence-electron chi connectivity index (χ0n) is 11.9. The number of fused-ring (bicyclic) bond motifs is 1. The minimum Gasteiger partial charge on any atom is -0.459 e. The van der Waals surface area contributed by atoms with Gasteiger partial charge in [-0.2, -0.15) is 0 Å². The van der Waals surface area contributed by atoms with Crippen LogP contribution in [0.3, 0.4) is 0 Å². The molecule has 2 heterocycles. The molecule has 4 nitrogen and oxygen atoms in total. The van der Waals surface area contributed by atoms with Crippen LogP contribution >= 0.6 is 12.4 Å². The Balaban J connectivity index is 0.00000176. The van der Waals surface area contributed by atoms with Crippen molar-refractivity contribution in [2.75, 3.05) is 6.54 Å². The number of alkyl halides is 2. The third kappa shape index (κ3) is 3.39. The number of halogens is 3. The first-order valence-electron chi connectivity index (χ1n) is 6.85. The highest BCUT2D eigenvalue weighted by Gasteiger charge is 2.42. The zero-order valence-corrected chi connectivity index (χ0v) is 12.8. The smallest absolute Gasteiger partial charge is 0.262 e. The molecule has 1 aromatic heterocycles. The number of para-hydroxylation sites is 1. The highest BCUT2D eigenvalue weighted by Crippen LogP contribution is 2.27. The van der Waals surface area contributed by atoms with Gasteiger partial charge in [0.2, 0.25) is 5.91 Å². The third-order valence-electron chi connectivity index (χ3n) is 3.66. The van der Waals surface area contributed by atoms with E-state index in [1.165, 1.54) is 0 Å². The standard InChI is InChI=1S/C15H16F2N2O2.ClH/c1-9(13-6-10-4-2-3-5-12(10)21-13)19-14(20)11-7-15(16,17)8-18-11;/h2-6,9,11,18H,7-8H2,1H3,(H,19,20);1H. The van der Waals surface area contributed by atoms with E-state index in [0.717, 1.165) is 11.0 Å². The second-order valence-electron chi connectivity index (χ2n) is 5.41. The topological polar surface area (TPSA) is 54.3 Å². The molecular formula is C15H17ClF2N2O2. The Morgan fingerprint density at radius 1 is 1.45 bits per heavy atom. The Hall–Kier alpha value is -1.66. The second kappa shape index (κ2) is 6.22. The molecule has 1 amide bonds. The van der Waals surface area contributed by atoms with E-state index in [2.05, 4.69) is 10.6 Å². The van der Waals surface area contributed by atoms with E-state index < -0.39 is 30.8 Å². The van der Waals surface area contributed by atoms with Crippen LogP contribution in [-0.2, 0) is 4.79 Å². The first kappa shape index (κ1) is 16.7. The maximum atomic E-state index is 13.1. The van der Waals surface area contributed by atoms with Gasteiger partial charge in [-0.05, 0) is 19.1 Å². The molecule has 2 aromatic rings. The predicted octanol–water partition coefficient (Wildman–Crippen LogP) is 3.03. The van der Waals surface area contributed by atoms with E-state index in [1.54, 1.807) is 6.92 Å². The quantitative estimate of drug-likeness (QED) is 0.909. The van der Waals surface area contributed by atoms with Crippen LogP contribution in [0, 0.1) is 0 Å². The van der Waals surface area contributed by atoms with Crippen molar-refractivity contribution in [3.63, 3.8) is 0 Å². The van der Waals surface area contributed by atoms with Crippen LogP contribution in [0.25, 0.3) is 11.0 Å². The number of hydrogen-bond donors (Lipinski definition) is 2. The lowest BCUT2D eigenvalue weighted by molar-refractivity contribution is -0.124. The molecule has 1 aliphatic heterocycles. The van der Waals surface area contributed by atoms with Crippen LogP contribution in [0.15, 0.2) is 34.7 Å². The fraction of sp³-hybridized carbons (Fsp3) is 0.400. The van der Waals surface area contributed by atoms with Gasteiger partial charge in [-0.15, -0.1) is 12.4 Å². The Kier molecular flexibility index (Phi) is 4.72. The molecule has 2 unspecified atom stereocenters. The molecule has 1 fully saturated rings. The monoisotopic (exact) mass is 330 g/mol. The molecule has 120 valence electrons. The summed E-state index contributed by atoms with van der Waals surface area (Å²) in [5.74, 6) is -2.64. The van der Waals surface area contributed by atoms with Gasteiger partial charge in [-0.1, -0.05) is 18.2 Å². The summed E-state index contributed by atoms with van der Waals surface area (Å²) in [6.07, 6.45) is -0.467. The molecule has 1 aliphatic rings. The van der Waals surface area contributed by atoms with Gasteiger partial charge in [-0.3, -0.25) is 10.1 Å². The van der Waals surface area contributed by atoms with Gasteiger partial charge in [0.1, 0.15) is 11.3 Å². The summed E-state index contributed by atoms with van der Waals surface area (Å²) < 4.78 is 31.8. The minimum atomic E-state index is -2.81. The number of carbonyl (C=O) groups excluding carboxylic acids is 1. The molecule has 0 aliphatic carbocycles. The second-order valence-corrected chi connectivity index (χ2v) is 5.41. The first-order chi connectivity index (χ1) is 9.94. The predicted molar refractivity (Wildman–Crippen MR) is 81.4 cm³/mol.